The molecule has 154 valence electrons. The first kappa shape index (κ1) is 20.1. The zero-order valence-electron chi connectivity index (χ0n) is 16.6. The lowest BCUT2D eigenvalue weighted by molar-refractivity contribution is 0.383. The van der Waals surface area contributed by atoms with Crippen LogP contribution in [0.2, 0.25) is 0 Å². The molecule has 7 nitrogen and oxygen atoms in total. The standard InChI is InChI=1S/C20H25N5O2S2/c1-3-16-13-17(15(2)23-14-16)18-5-6-19(28-18)29(26,27)25-11-9-24(10-12-25)20-21-7-4-8-22-20/h4-8,13,23H,3,9-12,14H2,1-2H3. The summed E-state index contributed by atoms with van der Waals surface area (Å²) >= 11 is 1.34. The molecule has 0 atom stereocenters. The van der Waals surface area contributed by atoms with E-state index >= 15 is 0 Å². The molecule has 0 radical (unpaired) electrons. The number of anilines is 1. The number of hydrogen-bond acceptors (Lipinski definition) is 7. The van der Waals surface area contributed by atoms with Crippen LogP contribution in [0.15, 0.2) is 52.1 Å². The van der Waals surface area contributed by atoms with Crippen molar-refractivity contribution in [3.05, 3.63) is 52.8 Å². The van der Waals surface area contributed by atoms with E-state index < -0.39 is 10.0 Å². The lowest BCUT2D eigenvalue weighted by Crippen LogP contribution is -2.49. The van der Waals surface area contributed by atoms with Crippen molar-refractivity contribution in [3.63, 3.8) is 0 Å². The number of hydrogen-bond donors (Lipinski definition) is 1. The van der Waals surface area contributed by atoms with Gasteiger partial charge < -0.3 is 10.2 Å². The monoisotopic (exact) mass is 431 g/mol. The SMILES string of the molecule is CCC1=CC(c2ccc(S(=O)(=O)N3CCN(c4ncccn4)CC3)s2)=C(C)NC1. The van der Waals surface area contributed by atoms with Gasteiger partial charge in [0.05, 0.1) is 0 Å². The van der Waals surface area contributed by atoms with Crippen molar-refractivity contribution in [2.45, 2.75) is 24.5 Å². The van der Waals surface area contributed by atoms with Crippen LogP contribution in [-0.2, 0) is 10.0 Å². The third-order valence-corrected chi connectivity index (χ3v) is 8.79. The zero-order chi connectivity index (χ0) is 20.4. The van der Waals surface area contributed by atoms with Gasteiger partial charge in [-0.05, 0) is 31.5 Å². The number of nitrogens with zero attached hydrogens (tertiary/aromatic N) is 4. The topological polar surface area (TPSA) is 78.4 Å². The Balaban J connectivity index is 1.50. The molecule has 0 amide bonds. The molecular weight excluding hydrogens is 406 g/mol. The highest BCUT2D eigenvalue weighted by molar-refractivity contribution is 7.91. The molecule has 2 aromatic rings. The number of allylic oxidation sites excluding steroid dienone is 3. The van der Waals surface area contributed by atoms with Crippen LogP contribution in [0.4, 0.5) is 5.95 Å². The fraction of sp³-hybridized carbons (Fsp3) is 0.400. The fourth-order valence-corrected chi connectivity index (χ4v) is 6.46. The maximum Gasteiger partial charge on any atom is 0.252 e. The molecule has 2 aliphatic rings. The summed E-state index contributed by atoms with van der Waals surface area (Å²) in [5.74, 6) is 0.647. The van der Waals surface area contributed by atoms with Gasteiger partial charge in [-0.3, -0.25) is 0 Å². The molecule has 29 heavy (non-hydrogen) atoms. The molecule has 4 heterocycles. The van der Waals surface area contributed by atoms with Gasteiger partial charge in [0.25, 0.3) is 10.0 Å². The van der Waals surface area contributed by atoms with E-state index in [1.54, 1.807) is 28.8 Å². The molecule has 0 unspecified atom stereocenters. The van der Waals surface area contributed by atoms with E-state index in [1.165, 1.54) is 16.9 Å². The van der Waals surface area contributed by atoms with Gasteiger partial charge in [0.1, 0.15) is 4.21 Å². The van der Waals surface area contributed by atoms with Crippen LogP contribution >= 0.6 is 11.3 Å². The Labute approximate surface area is 175 Å². The van der Waals surface area contributed by atoms with E-state index in [0.29, 0.717) is 36.3 Å². The smallest absolute Gasteiger partial charge is 0.252 e. The molecule has 0 bridgehead atoms. The highest BCUT2D eigenvalue weighted by atomic mass is 32.2. The molecular formula is C20H25N5O2S2. The Morgan fingerprint density at radius 2 is 1.86 bits per heavy atom. The first-order valence-electron chi connectivity index (χ1n) is 9.75. The Bertz CT molecular complexity index is 1040. The van der Waals surface area contributed by atoms with Crippen LogP contribution in [0.1, 0.15) is 25.1 Å². The third kappa shape index (κ3) is 4.08. The molecule has 2 aliphatic heterocycles. The van der Waals surface area contributed by atoms with Gasteiger partial charge in [0.2, 0.25) is 5.95 Å². The Morgan fingerprint density at radius 1 is 1.14 bits per heavy atom. The van der Waals surface area contributed by atoms with Crippen LogP contribution in [0.5, 0.6) is 0 Å². The quantitative estimate of drug-likeness (QED) is 0.784. The van der Waals surface area contributed by atoms with Gasteiger partial charge in [-0.1, -0.05) is 18.6 Å². The summed E-state index contributed by atoms with van der Waals surface area (Å²) in [4.78, 5) is 11.5. The van der Waals surface area contributed by atoms with Crippen molar-refractivity contribution in [3.8, 4) is 0 Å². The Morgan fingerprint density at radius 3 is 2.55 bits per heavy atom. The van der Waals surface area contributed by atoms with Gasteiger partial charge in [-0.25, -0.2) is 18.4 Å². The molecule has 0 aliphatic carbocycles. The predicted molar refractivity (Wildman–Crippen MR) is 116 cm³/mol. The molecule has 0 spiro atoms. The van der Waals surface area contributed by atoms with Crippen molar-refractivity contribution < 1.29 is 8.42 Å². The zero-order valence-corrected chi connectivity index (χ0v) is 18.3. The number of thiophene rings is 1. The van der Waals surface area contributed by atoms with Crippen LogP contribution in [0.3, 0.4) is 0 Å². The van der Waals surface area contributed by atoms with Crippen LogP contribution in [0, 0.1) is 0 Å². The number of rotatable bonds is 5. The highest BCUT2D eigenvalue weighted by Crippen LogP contribution is 2.33. The molecule has 1 fully saturated rings. The van der Waals surface area contributed by atoms with E-state index in [-0.39, 0.29) is 0 Å². The van der Waals surface area contributed by atoms with Crippen LogP contribution in [0.25, 0.3) is 5.57 Å². The Kier molecular flexibility index (Phi) is 5.71. The summed E-state index contributed by atoms with van der Waals surface area (Å²) < 4.78 is 28.3. The van der Waals surface area contributed by atoms with Gasteiger partial charge in [0.15, 0.2) is 0 Å². The summed E-state index contributed by atoms with van der Waals surface area (Å²) in [6, 6.07) is 5.42. The maximum absolute atomic E-state index is 13.2. The van der Waals surface area contributed by atoms with Crippen molar-refractivity contribution in [2.75, 3.05) is 37.6 Å². The summed E-state index contributed by atoms with van der Waals surface area (Å²) in [7, 11) is -3.50. The summed E-state index contributed by atoms with van der Waals surface area (Å²) in [6.07, 6.45) is 6.57. The average molecular weight is 432 g/mol. The van der Waals surface area contributed by atoms with Crippen molar-refractivity contribution in [2.24, 2.45) is 0 Å². The summed E-state index contributed by atoms with van der Waals surface area (Å²) in [5.41, 5.74) is 3.50. The first-order chi connectivity index (χ1) is 14.0. The number of nitrogens with one attached hydrogen (secondary N) is 1. The number of aromatic nitrogens is 2. The minimum atomic E-state index is -3.50. The lowest BCUT2D eigenvalue weighted by atomic mass is 10.0. The molecule has 1 saturated heterocycles. The minimum Gasteiger partial charge on any atom is -0.384 e. The van der Waals surface area contributed by atoms with Crippen LogP contribution in [-0.4, -0.2) is 55.4 Å². The largest absolute Gasteiger partial charge is 0.384 e. The predicted octanol–water partition coefficient (Wildman–Crippen LogP) is 2.72. The lowest BCUT2D eigenvalue weighted by Gasteiger charge is -2.33. The molecule has 0 saturated carbocycles. The first-order valence-corrected chi connectivity index (χ1v) is 12.0. The third-order valence-electron chi connectivity index (χ3n) is 5.30. The van der Waals surface area contributed by atoms with Crippen molar-refractivity contribution >= 4 is 32.9 Å². The Hall–Kier alpha value is -2.23. The normalized spacial score (nSPS) is 18.6. The second kappa shape index (κ2) is 8.25. The molecule has 1 N–H and O–H groups in total. The minimum absolute atomic E-state index is 0.397. The second-order valence-electron chi connectivity index (χ2n) is 7.11. The number of piperazine rings is 1. The second-order valence-corrected chi connectivity index (χ2v) is 10.4. The van der Waals surface area contributed by atoms with E-state index in [1.807, 2.05) is 17.9 Å². The average Bonchev–Trinajstić information content (AvgIpc) is 3.26. The van der Waals surface area contributed by atoms with E-state index in [2.05, 4.69) is 28.3 Å². The molecule has 2 aromatic heterocycles. The van der Waals surface area contributed by atoms with Gasteiger partial charge in [-0.2, -0.15) is 4.31 Å². The number of sulfonamides is 1. The summed E-state index contributed by atoms with van der Waals surface area (Å²) in [5, 5.41) is 3.40. The van der Waals surface area contributed by atoms with Crippen molar-refractivity contribution in [1.82, 2.24) is 19.6 Å². The highest BCUT2D eigenvalue weighted by Gasteiger charge is 2.30. The van der Waals surface area contributed by atoms with Crippen molar-refractivity contribution in [1.29, 1.82) is 0 Å². The van der Waals surface area contributed by atoms with E-state index in [9.17, 15) is 8.42 Å². The molecule has 4 rings (SSSR count). The molecule has 9 heteroatoms. The van der Waals surface area contributed by atoms with Gasteiger partial charge >= 0.3 is 0 Å². The van der Waals surface area contributed by atoms with Gasteiger partial charge in [-0.15, -0.1) is 11.3 Å². The maximum atomic E-state index is 13.2. The van der Waals surface area contributed by atoms with E-state index in [0.717, 1.165) is 29.1 Å². The fourth-order valence-electron chi connectivity index (χ4n) is 3.50. The van der Waals surface area contributed by atoms with Crippen LogP contribution < -0.4 is 10.2 Å². The number of dihydropyridines is 1. The summed E-state index contributed by atoms with van der Waals surface area (Å²) in [6.45, 7) is 7.05. The molecule has 0 aromatic carbocycles. The van der Waals surface area contributed by atoms with E-state index in [4.69, 9.17) is 0 Å². The van der Waals surface area contributed by atoms with Gasteiger partial charge in [0, 0.05) is 61.3 Å².